The van der Waals surface area contributed by atoms with Crippen molar-refractivity contribution in [3.05, 3.63) is 58.8 Å². The van der Waals surface area contributed by atoms with Crippen molar-refractivity contribution >= 4 is 27.7 Å². The zero-order valence-electron chi connectivity index (χ0n) is 16.9. The van der Waals surface area contributed by atoms with E-state index in [0.29, 0.717) is 18.9 Å². The maximum Gasteiger partial charge on any atom is 0.337 e. The topological polar surface area (TPSA) is 140 Å². The number of nitrogens with zero attached hydrogens (tertiary/aromatic N) is 3. The quantitative estimate of drug-likeness (QED) is 0.688. The summed E-state index contributed by atoms with van der Waals surface area (Å²) < 4.78 is 27.4. The Bertz CT molecular complexity index is 1130. The van der Waals surface area contributed by atoms with Crippen LogP contribution in [0.4, 0.5) is 5.82 Å². The summed E-state index contributed by atoms with van der Waals surface area (Å²) in [4.78, 5) is 29.5. The van der Waals surface area contributed by atoms with Gasteiger partial charge in [0.2, 0.25) is 15.9 Å². The Balaban J connectivity index is 1.66. The van der Waals surface area contributed by atoms with Crippen molar-refractivity contribution in [2.75, 3.05) is 18.0 Å². The number of aromatic nitrogens is 1. The number of benzene rings is 1. The van der Waals surface area contributed by atoms with Crippen molar-refractivity contribution in [3.63, 3.8) is 0 Å². The second-order valence-electron chi connectivity index (χ2n) is 7.33. The molecule has 0 aliphatic carbocycles. The van der Waals surface area contributed by atoms with E-state index in [4.69, 9.17) is 0 Å². The van der Waals surface area contributed by atoms with Gasteiger partial charge in [-0.2, -0.15) is 5.26 Å². The van der Waals surface area contributed by atoms with Gasteiger partial charge in [0.15, 0.2) is 0 Å². The standard InChI is InChI=1S/C21H22N4O5S/c1-14-18(21(27)28)12-16(13-22)20(23-14)25-9-7-17(8-10-25)31(29,30)24-19(26)11-15-5-3-2-4-6-15/h2-6,12,17H,7-11H2,1H3,(H,24,26)(H,27,28). The average molecular weight is 442 g/mol. The SMILES string of the molecule is Cc1nc(N2CCC(S(=O)(=O)NC(=O)Cc3ccccc3)CC2)c(C#N)cc1C(=O)O. The van der Waals surface area contributed by atoms with Gasteiger partial charge in [-0.15, -0.1) is 0 Å². The lowest BCUT2D eigenvalue weighted by molar-refractivity contribution is -0.118. The van der Waals surface area contributed by atoms with Gasteiger partial charge in [0, 0.05) is 13.1 Å². The number of pyridine rings is 1. The van der Waals surface area contributed by atoms with Crippen molar-refractivity contribution in [2.24, 2.45) is 0 Å². The van der Waals surface area contributed by atoms with Crippen molar-refractivity contribution < 1.29 is 23.1 Å². The molecule has 3 rings (SSSR count). The number of carboxylic acid groups (broad SMARTS) is 1. The highest BCUT2D eigenvalue weighted by molar-refractivity contribution is 7.90. The molecule has 1 fully saturated rings. The molecule has 1 aromatic heterocycles. The van der Waals surface area contributed by atoms with Gasteiger partial charge in [-0.25, -0.2) is 18.2 Å². The van der Waals surface area contributed by atoms with Crippen molar-refractivity contribution in [1.29, 1.82) is 5.26 Å². The minimum atomic E-state index is -3.84. The Morgan fingerprint density at radius 3 is 2.48 bits per heavy atom. The first-order valence-electron chi connectivity index (χ1n) is 9.69. The first kappa shape index (κ1) is 22.2. The van der Waals surface area contributed by atoms with Gasteiger partial charge in [-0.3, -0.25) is 9.52 Å². The first-order chi connectivity index (χ1) is 14.7. The monoisotopic (exact) mass is 442 g/mol. The molecule has 31 heavy (non-hydrogen) atoms. The predicted molar refractivity (Wildman–Crippen MR) is 113 cm³/mol. The molecule has 2 heterocycles. The second kappa shape index (κ2) is 9.14. The van der Waals surface area contributed by atoms with Crippen LogP contribution in [0.15, 0.2) is 36.4 Å². The number of carbonyl (C=O) groups is 2. The van der Waals surface area contributed by atoms with Gasteiger partial charge in [0.25, 0.3) is 0 Å². The Labute approximate surface area is 180 Å². The van der Waals surface area contributed by atoms with E-state index in [1.807, 2.05) is 12.1 Å². The van der Waals surface area contributed by atoms with Gasteiger partial charge in [-0.1, -0.05) is 30.3 Å². The molecule has 10 heteroatoms. The van der Waals surface area contributed by atoms with Gasteiger partial charge in [-0.05, 0) is 31.4 Å². The number of nitriles is 1. The number of carbonyl (C=O) groups excluding carboxylic acids is 1. The number of rotatable bonds is 6. The first-order valence-corrected chi connectivity index (χ1v) is 11.2. The van der Waals surface area contributed by atoms with Crippen LogP contribution in [0.2, 0.25) is 0 Å². The lowest BCUT2D eigenvalue weighted by Gasteiger charge is -2.33. The minimum Gasteiger partial charge on any atom is -0.478 e. The second-order valence-corrected chi connectivity index (χ2v) is 9.29. The fourth-order valence-electron chi connectivity index (χ4n) is 3.57. The molecule has 1 saturated heterocycles. The van der Waals surface area contributed by atoms with Gasteiger partial charge in [0.1, 0.15) is 11.9 Å². The summed E-state index contributed by atoms with van der Waals surface area (Å²) in [6.45, 7) is 2.17. The van der Waals surface area contributed by atoms with Crippen LogP contribution in [0.25, 0.3) is 0 Å². The van der Waals surface area contributed by atoms with E-state index in [-0.39, 0.29) is 36.1 Å². The van der Waals surface area contributed by atoms with Crippen molar-refractivity contribution in [1.82, 2.24) is 9.71 Å². The number of hydrogen-bond acceptors (Lipinski definition) is 7. The molecule has 0 radical (unpaired) electrons. The average Bonchev–Trinajstić information content (AvgIpc) is 2.73. The molecule has 1 aliphatic heterocycles. The number of hydrogen-bond donors (Lipinski definition) is 2. The Morgan fingerprint density at radius 1 is 1.26 bits per heavy atom. The molecule has 0 saturated carbocycles. The van der Waals surface area contributed by atoms with Gasteiger partial charge >= 0.3 is 5.97 Å². The van der Waals surface area contributed by atoms with Gasteiger partial charge in [0.05, 0.1) is 28.5 Å². The van der Waals surface area contributed by atoms with E-state index in [1.165, 1.54) is 6.07 Å². The molecule has 1 aromatic carbocycles. The van der Waals surface area contributed by atoms with Crippen LogP contribution in [0, 0.1) is 18.3 Å². The molecule has 0 spiro atoms. The number of piperidine rings is 1. The number of aromatic carboxylic acids is 1. The van der Waals surface area contributed by atoms with Crippen LogP contribution in [-0.4, -0.2) is 48.7 Å². The fourth-order valence-corrected chi connectivity index (χ4v) is 4.96. The molecular formula is C21H22N4O5S. The third-order valence-corrected chi connectivity index (χ3v) is 7.05. The molecule has 9 nitrogen and oxygen atoms in total. The Morgan fingerprint density at radius 2 is 1.90 bits per heavy atom. The molecule has 0 atom stereocenters. The lowest BCUT2D eigenvalue weighted by atomic mass is 10.1. The minimum absolute atomic E-state index is 0.0242. The highest BCUT2D eigenvalue weighted by atomic mass is 32.2. The van der Waals surface area contributed by atoms with Crippen molar-refractivity contribution in [2.45, 2.75) is 31.4 Å². The molecule has 162 valence electrons. The predicted octanol–water partition coefficient (Wildman–Crippen LogP) is 1.62. The van der Waals surface area contributed by atoms with E-state index >= 15 is 0 Å². The molecule has 1 amide bonds. The van der Waals surface area contributed by atoms with E-state index < -0.39 is 27.1 Å². The normalized spacial score (nSPS) is 14.6. The number of nitrogens with one attached hydrogen (secondary N) is 1. The van der Waals surface area contributed by atoms with Crippen LogP contribution < -0.4 is 9.62 Å². The molecule has 2 N–H and O–H groups in total. The van der Waals surface area contributed by atoms with Crippen LogP contribution >= 0.6 is 0 Å². The van der Waals surface area contributed by atoms with Crippen LogP contribution in [0.1, 0.15) is 40.0 Å². The lowest BCUT2D eigenvalue weighted by Crippen LogP contribution is -2.46. The number of carboxylic acids is 1. The number of aryl methyl sites for hydroxylation is 1. The molecule has 2 aromatic rings. The number of sulfonamides is 1. The number of amides is 1. The molecule has 0 unspecified atom stereocenters. The van der Waals surface area contributed by atoms with Crippen molar-refractivity contribution in [3.8, 4) is 6.07 Å². The summed E-state index contributed by atoms with van der Waals surface area (Å²) in [6.07, 6.45) is 0.476. The fraction of sp³-hybridized carbons (Fsp3) is 0.333. The summed E-state index contributed by atoms with van der Waals surface area (Å²) in [6, 6.07) is 12.1. The maximum absolute atomic E-state index is 12.6. The summed E-state index contributed by atoms with van der Waals surface area (Å²) in [5, 5.41) is 17.9. The highest BCUT2D eigenvalue weighted by Gasteiger charge is 2.32. The largest absolute Gasteiger partial charge is 0.478 e. The zero-order chi connectivity index (χ0) is 22.6. The maximum atomic E-state index is 12.6. The van der Waals surface area contributed by atoms with E-state index in [0.717, 1.165) is 5.56 Å². The molecule has 0 bridgehead atoms. The summed E-state index contributed by atoms with van der Waals surface area (Å²) in [7, 11) is -3.84. The number of anilines is 1. The summed E-state index contributed by atoms with van der Waals surface area (Å²) in [5.74, 6) is -1.40. The highest BCUT2D eigenvalue weighted by Crippen LogP contribution is 2.26. The van der Waals surface area contributed by atoms with E-state index in [9.17, 15) is 28.4 Å². The smallest absolute Gasteiger partial charge is 0.337 e. The third kappa shape index (κ3) is 5.19. The van der Waals surface area contributed by atoms with Crippen LogP contribution in [0.3, 0.4) is 0 Å². The van der Waals surface area contributed by atoms with E-state index in [2.05, 4.69) is 9.71 Å². The third-order valence-electron chi connectivity index (χ3n) is 5.19. The molecule has 1 aliphatic rings. The zero-order valence-corrected chi connectivity index (χ0v) is 17.7. The Hall–Kier alpha value is -3.45. The van der Waals surface area contributed by atoms with E-state index in [1.54, 1.807) is 36.1 Å². The molecular weight excluding hydrogens is 420 g/mol. The summed E-state index contributed by atoms with van der Waals surface area (Å²) >= 11 is 0. The van der Waals surface area contributed by atoms with Crippen LogP contribution in [0.5, 0.6) is 0 Å². The Kier molecular flexibility index (Phi) is 6.56. The van der Waals surface area contributed by atoms with Gasteiger partial charge < -0.3 is 10.0 Å². The summed E-state index contributed by atoms with van der Waals surface area (Å²) in [5.41, 5.74) is 1.09. The van der Waals surface area contributed by atoms with Crippen LogP contribution in [-0.2, 0) is 21.2 Å².